The smallest absolute Gasteiger partial charge is 0.406 e. The fourth-order valence-corrected chi connectivity index (χ4v) is 1.76. The molecule has 0 bridgehead atoms. The Morgan fingerprint density at radius 3 is 2.32 bits per heavy atom. The van der Waals surface area contributed by atoms with Crippen LogP contribution in [0.25, 0.3) is 0 Å². The van der Waals surface area contributed by atoms with Crippen LogP contribution in [0, 0.1) is 5.41 Å². The quantitative estimate of drug-likeness (QED) is 0.759. The van der Waals surface area contributed by atoms with E-state index in [0.717, 1.165) is 18.6 Å². The number of halogens is 3. The van der Waals surface area contributed by atoms with Gasteiger partial charge in [0.15, 0.2) is 0 Å². The van der Waals surface area contributed by atoms with Crippen molar-refractivity contribution in [1.82, 2.24) is 5.32 Å². The van der Waals surface area contributed by atoms with Crippen molar-refractivity contribution >= 4 is 5.91 Å². The molecule has 1 aromatic carbocycles. The normalized spacial score (nSPS) is 12.1. The first-order valence-electron chi connectivity index (χ1n) is 6.88. The zero-order valence-electron chi connectivity index (χ0n) is 12.5. The summed E-state index contributed by atoms with van der Waals surface area (Å²) in [5.41, 5.74) is 0.0670. The van der Waals surface area contributed by atoms with E-state index in [1.165, 1.54) is 12.1 Å². The summed E-state index contributed by atoms with van der Waals surface area (Å²) in [5, 5.41) is 11.8. The summed E-state index contributed by atoms with van der Waals surface area (Å²) in [4.78, 5) is 11.8. The van der Waals surface area contributed by atoms with Gasteiger partial charge in [0.25, 0.3) is 5.91 Å². The van der Waals surface area contributed by atoms with E-state index in [1.54, 1.807) is 0 Å². The second-order valence-corrected chi connectivity index (χ2v) is 5.75. The van der Waals surface area contributed by atoms with E-state index < -0.39 is 6.36 Å². The molecular formula is C15H20F3NO3. The molecule has 0 fully saturated rings. The highest BCUT2D eigenvalue weighted by atomic mass is 19.4. The number of hydrogen-bond donors (Lipinski definition) is 2. The van der Waals surface area contributed by atoms with Crippen LogP contribution in [0.5, 0.6) is 5.75 Å². The molecule has 0 radical (unpaired) electrons. The molecule has 0 atom stereocenters. The van der Waals surface area contributed by atoms with Crippen LogP contribution in [0.1, 0.15) is 37.0 Å². The number of alkyl halides is 3. The lowest BCUT2D eigenvalue weighted by atomic mass is 9.89. The van der Waals surface area contributed by atoms with Gasteiger partial charge in [-0.2, -0.15) is 0 Å². The van der Waals surface area contributed by atoms with Gasteiger partial charge in [-0.25, -0.2) is 0 Å². The number of carbonyl (C=O) groups excluding carboxylic acids is 1. The van der Waals surface area contributed by atoms with Crippen molar-refractivity contribution in [3.63, 3.8) is 0 Å². The molecule has 22 heavy (non-hydrogen) atoms. The second-order valence-electron chi connectivity index (χ2n) is 5.75. The molecule has 124 valence electrons. The van der Waals surface area contributed by atoms with E-state index in [2.05, 4.69) is 10.1 Å². The largest absolute Gasteiger partial charge is 0.573 e. The number of hydrogen-bond acceptors (Lipinski definition) is 3. The van der Waals surface area contributed by atoms with Gasteiger partial charge in [0.1, 0.15) is 5.75 Å². The highest BCUT2D eigenvalue weighted by molar-refractivity contribution is 5.94. The number of rotatable bonds is 7. The lowest BCUT2D eigenvalue weighted by Gasteiger charge is -2.21. The van der Waals surface area contributed by atoms with Gasteiger partial charge in [0.05, 0.1) is 0 Å². The average Bonchev–Trinajstić information content (AvgIpc) is 2.42. The summed E-state index contributed by atoms with van der Waals surface area (Å²) >= 11 is 0. The van der Waals surface area contributed by atoms with Crippen LogP contribution in [0.3, 0.4) is 0 Å². The minimum atomic E-state index is -4.75. The van der Waals surface area contributed by atoms with Crippen molar-refractivity contribution in [2.45, 2.75) is 33.1 Å². The Balaban J connectivity index is 2.43. The second kappa shape index (κ2) is 7.49. The minimum absolute atomic E-state index is 0.0710. The lowest BCUT2D eigenvalue weighted by molar-refractivity contribution is -0.274. The monoisotopic (exact) mass is 319 g/mol. The number of nitrogens with one attached hydrogen (secondary N) is 1. The Morgan fingerprint density at radius 1 is 1.23 bits per heavy atom. The molecule has 0 aliphatic rings. The molecule has 0 aromatic heterocycles. The average molecular weight is 319 g/mol. The van der Waals surface area contributed by atoms with Crippen molar-refractivity contribution < 1.29 is 27.8 Å². The first-order valence-corrected chi connectivity index (χ1v) is 6.88. The van der Waals surface area contributed by atoms with E-state index in [1.807, 2.05) is 13.8 Å². The van der Waals surface area contributed by atoms with E-state index in [4.69, 9.17) is 5.11 Å². The van der Waals surface area contributed by atoms with E-state index in [9.17, 15) is 18.0 Å². The number of aliphatic hydroxyl groups excluding tert-OH is 1. The first-order chi connectivity index (χ1) is 10.1. The highest BCUT2D eigenvalue weighted by Crippen LogP contribution is 2.23. The molecule has 7 heteroatoms. The van der Waals surface area contributed by atoms with Crippen LogP contribution in [-0.4, -0.2) is 30.5 Å². The summed E-state index contributed by atoms with van der Waals surface area (Å²) in [7, 11) is 0. The van der Waals surface area contributed by atoms with Crippen molar-refractivity contribution in [3.8, 4) is 5.75 Å². The van der Waals surface area contributed by atoms with E-state index in [0.29, 0.717) is 13.0 Å². The van der Waals surface area contributed by atoms with Crippen LogP contribution in [-0.2, 0) is 0 Å². The zero-order chi connectivity index (χ0) is 16.8. The van der Waals surface area contributed by atoms with Crippen LogP contribution in [0.15, 0.2) is 24.3 Å². The molecule has 1 amide bonds. The topological polar surface area (TPSA) is 58.6 Å². The van der Waals surface area contributed by atoms with Gasteiger partial charge in [0.2, 0.25) is 0 Å². The molecule has 0 aliphatic carbocycles. The van der Waals surface area contributed by atoms with E-state index >= 15 is 0 Å². The number of aliphatic hydroxyl groups is 1. The Bertz CT molecular complexity index is 484. The maximum Gasteiger partial charge on any atom is 0.573 e. The van der Waals surface area contributed by atoms with Gasteiger partial charge in [0, 0.05) is 18.7 Å². The molecule has 1 aromatic rings. The van der Waals surface area contributed by atoms with E-state index in [-0.39, 0.29) is 29.2 Å². The molecule has 0 unspecified atom stereocenters. The summed E-state index contributed by atoms with van der Waals surface area (Å²) in [6.07, 6.45) is -3.29. The van der Waals surface area contributed by atoms with Gasteiger partial charge in [-0.15, -0.1) is 13.2 Å². The molecule has 1 rings (SSSR count). The van der Waals surface area contributed by atoms with Gasteiger partial charge < -0.3 is 15.2 Å². The molecule has 0 heterocycles. The maximum atomic E-state index is 12.0. The number of carbonyl (C=O) groups is 1. The SMILES string of the molecule is CC(C)(CO)CCCNC(=O)c1ccc(OC(F)(F)F)cc1. The Kier molecular flexibility index (Phi) is 6.22. The molecule has 4 nitrogen and oxygen atoms in total. The fraction of sp³-hybridized carbons (Fsp3) is 0.533. The summed E-state index contributed by atoms with van der Waals surface area (Å²) in [6.45, 7) is 4.35. The maximum absolute atomic E-state index is 12.0. The third kappa shape index (κ3) is 6.80. The molecule has 2 N–H and O–H groups in total. The fourth-order valence-electron chi connectivity index (χ4n) is 1.76. The van der Waals surface area contributed by atoms with Gasteiger partial charge in [-0.05, 0) is 42.5 Å². The van der Waals surface area contributed by atoms with Gasteiger partial charge in [-0.1, -0.05) is 13.8 Å². The third-order valence-corrected chi connectivity index (χ3v) is 3.09. The van der Waals surface area contributed by atoms with Crippen LogP contribution in [0.2, 0.25) is 0 Å². The molecule has 0 spiro atoms. The minimum Gasteiger partial charge on any atom is -0.406 e. The number of benzene rings is 1. The van der Waals surface area contributed by atoms with Crippen molar-refractivity contribution in [3.05, 3.63) is 29.8 Å². The highest BCUT2D eigenvalue weighted by Gasteiger charge is 2.31. The standard InChI is InChI=1S/C15H20F3NO3/c1-14(2,10-20)8-3-9-19-13(21)11-4-6-12(7-5-11)22-15(16,17)18/h4-7,20H,3,8-10H2,1-2H3,(H,19,21). The molecule has 0 saturated heterocycles. The predicted molar refractivity (Wildman–Crippen MR) is 75.6 cm³/mol. The van der Waals surface area contributed by atoms with Crippen LogP contribution in [0.4, 0.5) is 13.2 Å². The van der Waals surface area contributed by atoms with Gasteiger partial charge in [-0.3, -0.25) is 4.79 Å². The van der Waals surface area contributed by atoms with Crippen molar-refractivity contribution in [2.24, 2.45) is 5.41 Å². The molecule has 0 saturated carbocycles. The lowest BCUT2D eigenvalue weighted by Crippen LogP contribution is -2.26. The molecule has 0 aliphatic heterocycles. The Hall–Kier alpha value is -1.76. The third-order valence-electron chi connectivity index (χ3n) is 3.09. The predicted octanol–water partition coefficient (Wildman–Crippen LogP) is 3.11. The first kappa shape index (κ1) is 18.3. The van der Waals surface area contributed by atoms with Gasteiger partial charge >= 0.3 is 6.36 Å². The molecular weight excluding hydrogens is 299 g/mol. The Labute approximate surface area is 127 Å². The number of amides is 1. The van der Waals surface area contributed by atoms with Crippen LogP contribution >= 0.6 is 0 Å². The number of ether oxygens (including phenoxy) is 1. The van der Waals surface area contributed by atoms with Crippen LogP contribution < -0.4 is 10.1 Å². The van der Waals surface area contributed by atoms with Crippen molar-refractivity contribution in [2.75, 3.05) is 13.2 Å². The van der Waals surface area contributed by atoms with Crippen molar-refractivity contribution in [1.29, 1.82) is 0 Å². The summed E-state index contributed by atoms with van der Waals surface area (Å²) in [5.74, 6) is -0.728. The summed E-state index contributed by atoms with van der Waals surface area (Å²) in [6, 6.07) is 4.73. The zero-order valence-corrected chi connectivity index (χ0v) is 12.5. The summed E-state index contributed by atoms with van der Waals surface area (Å²) < 4.78 is 39.8. The Morgan fingerprint density at radius 2 is 1.82 bits per heavy atom.